The first-order valence-corrected chi connectivity index (χ1v) is 11.1. The molecule has 2 aromatic carbocycles. The Morgan fingerprint density at radius 1 is 1.09 bits per heavy atom. The Morgan fingerprint density at radius 3 is 2.31 bits per heavy atom. The number of nitrogens with zero attached hydrogens (tertiary/aromatic N) is 1. The summed E-state index contributed by atoms with van der Waals surface area (Å²) >= 11 is 0. The zero-order valence-corrected chi connectivity index (χ0v) is 19.3. The van der Waals surface area contributed by atoms with E-state index in [9.17, 15) is 19.5 Å². The van der Waals surface area contributed by atoms with Crippen LogP contribution in [-0.2, 0) is 9.53 Å². The Labute approximate surface area is 201 Å². The van der Waals surface area contributed by atoms with Crippen LogP contribution in [0, 0.1) is 0 Å². The number of hydrogen-bond donors (Lipinski definition) is 3. The summed E-state index contributed by atoms with van der Waals surface area (Å²) in [5, 5.41) is 17.7. The van der Waals surface area contributed by atoms with Gasteiger partial charge in [0.15, 0.2) is 5.69 Å². The molecule has 0 saturated heterocycles. The lowest BCUT2D eigenvalue weighted by Crippen LogP contribution is -2.40. The van der Waals surface area contributed by atoms with Gasteiger partial charge in [0.25, 0.3) is 5.91 Å². The number of allylic oxidation sites excluding steroid dienone is 1. The summed E-state index contributed by atoms with van der Waals surface area (Å²) in [6.07, 6.45) is 1.08. The number of carbonyl (C=O) groups excluding carboxylic acids is 2. The summed E-state index contributed by atoms with van der Waals surface area (Å²) in [6, 6.07) is 16.1. The molecular weight excluding hydrogens is 450 g/mol. The summed E-state index contributed by atoms with van der Waals surface area (Å²) in [6.45, 7) is 3.78. The third kappa shape index (κ3) is 5.40. The van der Waals surface area contributed by atoms with Crippen LogP contribution in [0.4, 0.5) is 10.7 Å². The second-order valence-electron chi connectivity index (χ2n) is 8.41. The molecule has 1 aliphatic rings. The van der Waals surface area contributed by atoms with Crippen molar-refractivity contribution < 1.29 is 28.8 Å². The molecule has 35 heavy (non-hydrogen) atoms. The lowest BCUT2D eigenvalue weighted by molar-refractivity contribution is -0.139. The zero-order chi connectivity index (χ0) is 24.9. The van der Waals surface area contributed by atoms with Gasteiger partial charge in [-0.3, -0.25) is 10.1 Å². The number of carboxylic acids is 1. The van der Waals surface area contributed by atoms with Crippen molar-refractivity contribution in [3.8, 4) is 11.1 Å². The second kappa shape index (κ2) is 10.3. The number of carboxylic acid groups (broad SMARTS) is 1. The number of hydrogen-bond acceptors (Lipinski definition) is 6. The molecule has 9 nitrogen and oxygen atoms in total. The third-order valence-electron chi connectivity index (χ3n) is 5.68. The van der Waals surface area contributed by atoms with Crippen molar-refractivity contribution in [1.82, 2.24) is 10.5 Å². The van der Waals surface area contributed by atoms with Gasteiger partial charge in [0.05, 0.1) is 0 Å². The average Bonchev–Trinajstić information content (AvgIpc) is 3.43. The summed E-state index contributed by atoms with van der Waals surface area (Å²) in [5.41, 5.74) is 5.17. The minimum absolute atomic E-state index is 0.0939. The fourth-order valence-electron chi connectivity index (χ4n) is 3.98. The number of aliphatic carboxylic acids is 1. The predicted molar refractivity (Wildman–Crippen MR) is 128 cm³/mol. The molecule has 9 heteroatoms. The lowest BCUT2D eigenvalue weighted by atomic mass is 9.98. The summed E-state index contributed by atoms with van der Waals surface area (Å²) < 4.78 is 10.4. The molecule has 3 aromatic rings. The molecular formula is C26H25N3O6. The van der Waals surface area contributed by atoms with E-state index in [0.717, 1.165) is 27.8 Å². The van der Waals surface area contributed by atoms with E-state index in [1.807, 2.05) is 62.4 Å². The van der Waals surface area contributed by atoms with Crippen LogP contribution in [0.2, 0.25) is 0 Å². The van der Waals surface area contributed by atoms with Gasteiger partial charge in [-0.15, -0.1) is 0 Å². The number of rotatable bonds is 8. The molecule has 1 atom stereocenters. The maximum absolute atomic E-state index is 12.4. The number of aromatic nitrogens is 1. The Kier molecular flexibility index (Phi) is 6.96. The smallest absolute Gasteiger partial charge is 0.414 e. The van der Waals surface area contributed by atoms with E-state index in [1.165, 1.54) is 6.07 Å². The van der Waals surface area contributed by atoms with Gasteiger partial charge >= 0.3 is 12.1 Å². The fourth-order valence-corrected chi connectivity index (χ4v) is 3.98. The van der Waals surface area contributed by atoms with Crippen LogP contribution in [0.15, 0.2) is 70.8 Å². The first kappa shape index (κ1) is 23.7. The van der Waals surface area contributed by atoms with Gasteiger partial charge in [-0.1, -0.05) is 65.3 Å². The SMILES string of the molecule is CC(C)=CCC(NC(=O)c1cc(NC(=O)OCC2c3ccccc3-c3ccccc32)on1)C(=O)O. The van der Waals surface area contributed by atoms with Gasteiger partial charge in [-0.2, -0.15) is 0 Å². The number of carbonyl (C=O) groups is 3. The van der Waals surface area contributed by atoms with E-state index in [0.29, 0.717) is 0 Å². The largest absolute Gasteiger partial charge is 0.480 e. The van der Waals surface area contributed by atoms with Crippen molar-refractivity contribution in [2.45, 2.75) is 32.2 Å². The topological polar surface area (TPSA) is 131 Å². The molecule has 2 amide bonds. The number of anilines is 1. The lowest BCUT2D eigenvalue weighted by Gasteiger charge is -2.14. The first-order valence-electron chi connectivity index (χ1n) is 11.1. The van der Waals surface area contributed by atoms with Crippen LogP contribution in [0.3, 0.4) is 0 Å². The highest BCUT2D eigenvalue weighted by atomic mass is 16.6. The first-order chi connectivity index (χ1) is 16.8. The average molecular weight is 476 g/mol. The summed E-state index contributed by atoms with van der Waals surface area (Å²) in [5.74, 6) is -2.10. The Morgan fingerprint density at radius 2 is 1.71 bits per heavy atom. The second-order valence-corrected chi connectivity index (χ2v) is 8.41. The van der Waals surface area contributed by atoms with Crippen LogP contribution in [0.5, 0.6) is 0 Å². The zero-order valence-electron chi connectivity index (χ0n) is 19.3. The highest BCUT2D eigenvalue weighted by molar-refractivity contribution is 5.96. The maximum atomic E-state index is 12.4. The quantitative estimate of drug-likeness (QED) is 0.407. The number of nitrogens with one attached hydrogen (secondary N) is 2. The molecule has 0 spiro atoms. The van der Waals surface area contributed by atoms with E-state index in [1.54, 1.807) is 6.08 Å². The van der Waals surface area contributed by atoms with Crippen molar-refractivity contribution in [2.75, 3.05) is 11.9 Å². The van der Waals surface area contributed by atoms with Crippen LogP contribution < -0.4 is 10.6 Å². The number of fused-ring (bicyclic) bond motifs is 3. The molecule has 0 fully saturated rings. The van der Waals surface area contributed by atoms with Crippen molar-refractivity contribution >= 4 is 23.9 Å². The van der Waals surface area contributed by atoms with E-state index >= 15 is 0 Å². The highest BCUT2D eigenvalue weighted by Gasteiger charge is 2.29. The standard InChI is InChI=1S/C26H25N3O6/c1-15(2)11-12-21(25(31)32)27-24(30)22-13-23(35-29-22)28-26(33)34-14-20-18-9-5-3-7-16(18)17-8-4-6-10-19(17)20/h3-11,13,20-21H,12,14H2,1-2H3,(H,27,30)(H,28,33)(H,31,32). The van der Waals surface area contributed by atoms with Crippen molar-refractivity contribution in [1.29, 1.82) is 0 Å². The summed E-state index contributed by atoms with van der Waals surface area (Å²) in [7, 11) is 0. The van der Waals surface area contributed by atoms with Gasteiger partial charge in [-0.25, -0.2) is 9.59 Å². The molecule has 0 radical (unpaired) electrons. The van der Waals surface area contributed by atoms with Gasteiger partial charge in [-0.05, 0) is 42.5 Å². The van der Waals surface area contributed by atoms with Crippen molar-refractivity contribution in [3.05, 3.63) is 83.1 Å². The van der Waals surface area contributed by atoms with Crippen LogP contribution in [0.25, 0.3) is 11.1 Å². The van der Waals surface area contributed by atoms with E-state index < -0.39 is 24.0 Å². The van der Waals surface area contributed by atoms with E-state index in [-0.39, 0.29) is 30.5 Å². The minimum atomic E-state index is -1.17. The maximum Gasteiger partial charge on any atom is 0.414 e. The molecule has 0 bridgehead atoms. The number of amides is 2. The highest BCUT2D eigenvalue weighted by Crippen LogP contribution is 2.44. The number of benzene rings is 2. The van der Waals surface area contributed by atoms with Gasteiger partial charge in [0, 0.05) is 12.0 Å². The van der Waals surface area contributed by atoms with Crippen molar-refractivity contribution in [2.24, 2.45) is 0 Å². The fraction of sp³-hybridized carbons (Fsp3) is 0.231. The van der Waals surface area contributed by atoms with Crippen LogP contribution >= 0.6 is 0 Å². The van der Waals surface area contributed by atoms with Gasteiger partial charge in [0.1, 0.15) is 12.6 Å². The number of ether oxygens (including phenoxy) is 1. The predicted octanol–water partition coefficient (Wildman–Crippen LogP) is 4.57. The molecule has 0 saturated carbocycles. The Balaban J connectivity index is 1.35. The van der Waals surface area contributed by atoms with Crippen molar-refractivity contribution in [3.63, 3.8) is 0 Å². The molecule has 180 valence electrons. The third-order valence-corrected chi connectivity index (χ3v) is 5.68. The van der Waals surface area contributed by atoms with E-state index in [2.05, 4.69) is 15.8 Å². The van der Waals surface area contributed by atoms with Gasteiger partial charge < -0.3 is 19.7 Å². The van der Waals surface area contributed by atoms with Gasteiger partial charge in [0.2, 0.25) is 5.88 Å². The Hall–Kier alpha value is -4.40. The molecule has 1 heterocycles. The summed E-state index contributed by atoms with van der Waals surface area (Å²) in [4.78, 5) is 36.2. The molecule has 1 aromatic heterocycles. The normalized spacial score (nSPS) is 12.7. The monoisotopic (exact) mass is 475 g/mol. The van der Waals surface area contributed by atoms with E-state index in [4.69, 9.17) is 9.26 Å². The molecule has 3 N–H and O–H groups in total. The molecule has 0 aliphatic heterocycles. The molecule has 4 rings (SSSR count). The molecule has 1 unspecified atom stereocenters. The molecule has 1 aliphatic carbocycles. The van der Waals surface area contributed by atoms with Crippen LogP contribution in [0.1, 0.15) is 47.8 Å². The minimum Gasteiger partial charge on any atom is -0.480 e. The van der Waals surface area contributed by atoms with Crippen LogP contribution in [-0.4, -0.2) is 40.9 Å². The Bertz CT molecular complexity index is 1250.